The highest BCUT2D eigenvalue weighted by molar-refractivity contribution is 5.74. The van der Waals surface area contributed by atoms with Gasteiger partial charge in [0.2, 0.25) is 0 Å². The lowest BCUT2D eigenvalue weighted by molar-refractivity contribution is -0.144. The first-order chi connectivity index (χ1) is 15.6. The van der Waals surface area contributed by atoms with Crippen molar-refractivity contribution >= 4 is 5.97 Å². The molecule has 0 aromatic rings. The van der Waals surface area contributed by atoms with Gasteiger partial charge in [0.25, 0.3) is 0 Å². The standard InChI is InChI=1S/C28H44O4/c1-3-5-7-8-9-10-11-12-13-14-15-16-17-18-19-20-22-25(21-6-4-2)27(28(31)32)26(30)23-24-29/h5,7,9-10,12-13,15-16,18-19,22,26-27,29-30H,3-4,6,8,11,14,17,20-21,23-24H2,1-2H3,(H,31,32)/b7-5-,10-9-,13-12-,16-15-,19-18-,25-22-/t26-,27?/m1/s1. The summed E-state index contributed by atoms with van der Waals surface area (Å²) >= 11 is 0. The zero-order valence-corrected chi connectivity index (χ0v) is 20.0. The Morgan fingerprint density at radius 3 is 1.66 bits per heavy atom. The van der Waals surface area contributed by atoms with E-state index >= 15 is 0 Å². The van der Waals surface area contributed by atoms with Gasteiger partial charge < -0.3 is 15.3 Å². The van der Waals surface area contributed by atoms with Gasteiger partial charge in [0, 0.05) is 6.61 Å². The molecule has 0 amide bonds. The lowest BCUT2D eigenvalue weighted by Gasteiger charge is -2.21. The Bertz CT molecular complexity index is 638. The molecule has 180 valence electrons. The van der Waals surface area contributed by atoms with Crippen LogP contribution in [0.2, 0.25) is 0 Å². The minimum absolute atomic E-state index is 0.0715. The van der Waals surface area contributed by atoms with Gasteiger partial charge in [0.15, 0.2) is 0 Å². The van der Waals surface area contributed by atoms with Crippen molar-refractivity contribution < 1.29 is 20.1 Å². The molecule has 0 aromatic carbocycles. The average molecular weight is 445 g/mol. The summed E-state index contributed by atoms with van der Waals surface area (Å²) in [6.45, 7) is 3.97. The van der Waals surface area contributed by atoms with Gasteiger partial charge in [-0.3, -0.25) is 4.79 Å². The molecule has 0 aromatic heterocycles. The summed E-state index contributed by atoms with van der Waals surface area (Å²) in [7, 11) is 0. The predicted molar refractivity (Wildman–Crippen MR) is 136 cm³/mol. The molecule has 0 aliphatic heterocycles. The molecule has 0 saturated heterocycles. The number of rotatable bonds is 19. The highest BCUT2D eigenvalue weighted by Crippen LogP contribution is 2.24. The van der Waals surface area contributed by atoms with Crippen molar-refractivity contribution in [2.45, 2.75) is 84.2 Å². The SMILES string of the molecule is CC/C=C\C/C=C\C/C=C\C/C=C\C/C=C\C/C=C(/CCCC)C(C(=O)O)[C@H](O)CCO. The van der Waals surface area contributed by atoms with Crippen molar-refractivity contribution in [2.75, 3.05) is 6.61 Å². The summed E-state index contributed by atoms with van der Waals surface area (Å²) in [5, 5.41) is 28.8. The van der Waals surface area contributed by atoms with Gasteiger partial charge in [-0.2, -0.15) is 0 Å². The molecule has 1 unspecified atom stereocenters. The molecule has 0 aliphatic rings. The maximum absolute atomic E-state index is 11.7. The smallest absolute Gasteiger partial charge is 0.313 e. The van der Waals surface area contributed by atoms with E-state index in [2.05, 4.69) is 68.5 Å². The Morgan fingerprint density at radius 1 is 0.781 bits per heavy atom. The quantitative estimate of drug-likeness (QED) is 0.194. The van der Waals surface area contributed by atoms with Gasteiger partial charge in [-0.05, 0) is 57.8 Å². The fourth-order valence-electron chi connectivity index (χ4n) is 3.20. The molecule has 0 radical (unpaired) electrons. The fraction of sp³-hybridized carbons (Fsp3) is 0.536. The normalized spacial score (nSPS) is 15.2. The minimum Gasteiger partial charge on any atom is -0.481 e. The number of aliphatic carboxylic acids is 1. The van der Waals surface area contributed by atoms with Crippen LogP contribution in [0.3, 0.4) is 0 Å². The molecule has 0 rings (SSSR count). The molecule has 0 fully saturated rings. The van der Waals surface area contributed by atoms with Crippen LogP contribution in [-0.2, 0) is 4.79 Å². The Labute approximate surface area is 195 Å². The van der Waals surface area contributed by atoms with Crippen LogP contribution in [0.15, 0.2) is 72.4 Å². The zero-order valence-electron chi connectivity index (χ0n) is 20.0. The Kier molecular flexibility index (Phi) is 20.5. The minimum atomic E-state index is -1.06. The molecule has 0 aliphatic carbocycles. The number of carboxylic acids is 1. The number of aliphatic hydroxyl groups excluding tert-OH is 2. The first-order valence-corrected chi connectivity index (χ1v) is 12.0. The van der Waals surface area contributed by atoms with Gasteiger partial charge in [-0.15, -0.1) is 0 Å². The second-order valence-electron chi connectivity index (χ2n) is 7.72. The molecular weight excluding hydrogens is 400 g/mol. The molecule has 2 atom stereocenters. The van der Waals surface area contributed by atoms with Crippen LogP contribution in [0.4, 0.5) is 0 Å². The van der Waals surface area contributed by atoms with Gasteiger partial charge in [0.05, 0.1) is 6.10 Å². The topological polar surface area (TPSA) is 77.8 Å². The number of hydrogen-bond donors (Lipinski definition) is 3. The van der Waals surface area contributed by atoms with Crippen molar-refractivity contribution in [3.63, 3.8) is 0 Å². The maximum Gasteiger partial charge on any atom is 0.313 e. The average Bonchev–Trinajstić information content (AvgIpc) is 2.76. The van der Waals surface area contributed by atoms with E-state index in [1.807, 2.05) is 12.2 Å². The van der Waals surface area contributed by atoms with Crippen molar-refractivity contribution in [1.82, 2.24) is 0 Å². The summed E-state index contributed by atoms with van der Waals surface area (Å²) < 4.78 is 0. The third kappa shape index (κ3) is 16.5. The summed E-state index contributed by atoms with van der Waals surface area (Å²) in [6, 6.07) is 0. The summed E-state index contributed by atoms with van der Waals surface area (Å²) in [6.07, 6.45) is 30.3. The van der Waals surface area contributed by atoms with Crippen molar-refractivity contribution in [3.8, 4) is 0 Å². The lowest BCUT2D eigenvalue weighted by Crippen LogP contribution is -2.30. The predicted octanol–water partition coefficient (Wildman–Crippen LogP) is 6.69. The number of aliphatic hydroxyl groups is 2. The molecule has 3 N–H and O–H groups in total. The maximum atomic E-state index is 11.7. The highest BCUT2D eigenvalue weighted by atomic mass is 16.4. The second-order valence-corrected chi connectivity index (χ2v) is 7.72. The molecule has 4 heteroatoms. The lowest BCUT2D eigenvalue weighted by atomic mass is 9.87. The van der Waals surface area contributed by atoms with Crippen LogP contribution in [0, 0.1) is 5.92 Å². The molecule has 0 bridgehead atoms. The van der Waals surface area contributed by atoms with E-state index in [-0.39, 0.29) is 13.0 Å². The molecular formula is C28H44O4. The molecule has 32 heavy (non-hydrogen) atoms. The van der Waals surface area contributed by atoms with Crippen LogP contribution in [-0.4, -0.2) is 34.0 Å². The van der Waals surface area contributed by atoms with E-state index < -0.39 is 18.0 Å². The van der Waals surface area contributed by atoms with Gasteiger partial charge in [-0.25, -0.2) is 0 Å². The van der Waals surface area contributed by atoms with Crippen molar-refractivity contribution in [3.05, 3.63) is 72.4 Å². The van der Waals surface area contributed by atoms with E-state index in [0.717, 1.165) is 50.5 Å². The highest BCUT2D eigenvalue weighted by Gasteiger charge is 2.29. The molecule has 0 saturated carbocycles. The molecule has 0 heterocycles. The van der Waals surface area contributed by atoms with E-state index in [9.17, 15) is 15.0 Å². The van der Waals surface area contributed by atoms with Crippen LogP contribution >= 0.6 is 0 Å². The van der Waals surface area contributed by atoms with E-state index in [1.54, 1.807) is 0 Å². The summed E-state index contributed by atoms with van der Waals surface area (Å²) in [4.78, 5) is 11.7. The summed E-state index contributed by atoms with van der Waals surface area (Å²) in [5.74, 6) is -1.98. The van der Waals surface area contributed by atoms with Crippen LogP contribution in [0.1, 0.15) is 78.1 Å². The monoisotopic (exact) mass is 444 g/mol. The first-order valence-electron chi connectivity index (χ1n) is 12.0. The number of hydrogen-bond acceptors (Lipinski definition) is 3. The van der Waals surface area contributed by atoms with Crippen molar-refractivity contribution in [2.24, 2.45) is 5.92 Å². The number of allylic oxidation sites excluding steroid dienone is 11. The third-order valence-electron chi connectivity index (χ3n) is 4.97. The number of unbranched alkanes of at least 4 members (excludes halogenated alkanes) is 1. The van der Waals surface area contributed by atoms with Crippen molar-refractivity contribution in [1.29, 1.82) is 0 Å². The number of carbonyl (C=O) groups is 1. The van der Waals surface area contributed by atoms with Gasteiger partial charge >= 0.3 is 5.97 Å². The zero-order chi connectivity index (χ0) is 23.9. The number of carboxylic acid groups (broad SMARTS) is 1. The Hall–Kier alpha value is -2.17. The van der Waals surface area contributed by atoms with Crippen LogP contribution in [0.5, 0.6) is 0 Å². The van der Waals surface area contributed by atoms with Crippen LogP contribution in [0.25, 0.3) is 0 Å². The fourth-order valence-corrected chi connectivity index (χ4v) is 3.20. The summed E-state index contributed by atoms with van der Waals surface area (Å²) in [5.41, 5.74) is 0.751. The molecule has 4 nitrogen and oxygen atoms in total. The van der Waals surface area contributed by atoms with Gasteiger partial charge in [-0.1, -0.05) is 92.7 Å². The van der Waals surface area contributed by atoms with Crippen LogP contribution < -0.4 is 0 Å². The van der Waals surface area contributed by atoms with Gasteiger partial charge in [0.1, 0.15) is 5.92 Å². The third-order valence-corrected chi connectivity index (χ3v) is 4.97. The largest absolute Gasteiger partial charge is 0.481 e. The first kappa shape index (κ1) is 29.8. The molecule has 0 spiro atoms. The Balaban J connectivity index is 4.42. The van der Waals surface area contributed by atoms with E-state index in [1.165, 1.54) is 0 Å². The van der Waals surface area contributed by atoms with E-state index in [0.29, 0.717) is 12.8 Å². The van der Waals surface area contributed by atoms with E-state index in [4.69, 9.17) is 5.11 Å². The Morgan fingerprint density at radius 2 is 1.25 bits per heavy atom. The second kappa shape index (κ2) is 22.0.